The lowest BCUT2D eigenvalue weighted by molar-refractivity contribution is 0.493. The lowest BCUT2D eigenvalue weighted by Gasteiger charge is -2.27. The van der Waals surface area contributed by atoms with E-state index in [4.69, 9.17) is 0 Å². The zero-order valence-electron chi connectivity index (χ0n) is 10.9. The van der Waals surface area contributed by atoms with Crippen LogP contribution >= 0.6 is 0 Å². The van der Waals surface area contributed by atoms with Gasteiger partial charge in [0.2, 0.25) is 0 Å². The van der Waals surface area contributed by atoms with Crippen LogP contribution in [0.5, 0.6) is 0 Å². The molecule has 3 rings (SSSR count). The zero-order chi connectivity index (χ0) is 11.1. The molecule has 1 aliphatic heterocycles. The summed E-state index contributed by atoms with van der Waals surface area (Å²) in [5.74, 6) is 4.95. The molecule has 2 fully saturated rings. The van der Waals surface area contributed by atoms with Crippen molar-refractivity contribution in [3.63, 3.8) is 0 Å². The van der Waals surface area contributed by atoms with Crippen molar-refractivity contribution in [2.24, 2.45) is 23.7 Å². The van der Waals surface area contributed by atoms with E-state index >= 15 is 0 Å². The Morgan fingerprint density at radius 3 is 2.12 bits per heavy atom. The van der Waals surface area contributed by atoms with Crippen LogP contribution in [0.25, 0.3) is 0 Å². The van der Waals surface area contributed by atoms with E-state index in [9.17, 15) is 0 Å². The number of hydrogen-bond donors (Lipinski definition) is 0. The van der Waals surface area contributed by atoms with Gasteiger partial charge >= 0.3 is 0 Å². The summed E-state index contributed by atoms with van der Waals surface area (Å²) in [4.78, 5) is 0. The molecule has 1 saturated heterocycles. The normalized spacial score (nSPS) is 47.4. The molecule has 2 aliphatic carbocycles. The van der Waals surface area contributed by atoms with Crippen LogP contribution in [0, 0.1) is 23.7 Å². The quantitative estimate of drug-likeness (QED) is 0.446. The zero-order valence-corrected chi connectivity index (χ0v) is 10.9. The van der Waals surface area contributed by atoms with Gasteiger partial charge in [0.25, 0.3) is 0 Å². The predicted octanol–water partition coefficient (Wildman–Crippen LogP) is 4.51. The first-order chi connectivity index (χ1) is 7.72. The molecule has 16 heavy (non-hydrogen) atoms. The second kappa shape index (κ2) is 4.24. The Morgan fingerprint density at radius 2 is 1.62 bits per heavy atom. The third-order valence-corrected chi connectivity index (χ3v) is 5.50. The minimum Gasteiger partial charge on any atom is -0.0855 e. The van der Waals surface area contributed by atoms with Gasteiger partial charge in [0.1, 0.15) is 6.71 Å². The molecule has 0 amide bonds. The van der Waals surface area contributed by atoms with E-state index in [1.54, 1.807) is 0 Å². The number of allylic oxidation sites excluding steroid dienone is 2. The summed E-state index contributed by atoms with van der Waals surface area (Å²) >= 11 is 0. The molecule has 3 aliphatic rings. The standard InChI is InChI=1S/C15H25B/c1-11-3-4-12(2)10-16(9-11)15-8-13-5-6-14(15)7-13/h5-6,11-15H,3-4,7-10H2,1-2H3/t11?,12?,13?,14?,15-/m0/s1. The van der Waals surface area contributed by atoms with E-state index in [0.717, 1.165) is 36.2 Å². The molecule has 0 N–H and O–H groups in total. The largest absolute Gasteiger partial charge is 0.144 e. The molecule has 0 spiro atoms. The monoisotopic (exact) mass is 216 g/mol. The van der Waals surface area contributed by atoms with Crippen LogP contribution in [0.3, 0.4) is 0 Å². The summed E-state index contributed by atoms with van der Waals surface area (Å²) in [5.41, 5.74) is 0. The number of fused-ring (bicyclic) bond motifs is 2. The van der Waals surface area contributed by atoms with Crippen molar-refractivity contribution in [2.45, 2.75) is 58.0 Å². The minimum atomic E-state index is 0.962. The van der Waals surface area contributed by atoms with Crippen molar-refractivity contribution in [3.8, 4) is 0 Å². The first-order valence-corrected chi connectivity index (χ1v) is 7.40. The van der Waals surface area contributed by atoms with Gasteiger partial charge in [-0.3, -0.25) is 0 Å². The second-order valence-electron chi connectivity index (χ2n) is 6.96. The maximum Gasteiger partial charge on any atom is 0.144 e. The molecule has 1 heteroatoms. The fourth-order valence-corrected chi connectivity index (χ4v) is 4.65. The maximum atomic E-state index is 2.54. The Hall–Kier alpha value is -0.195. The van der Waals surface area contributed by atoms with Crippen LogP contribution in [-0.4, -0.2) is 6.71 Å². The second-order valence-corrected chi connectivity index (χ2v) is 6.96. The lowest BCUT2D eigenvalue weighted by Crippen LogP contribution is -2.26. The van der Waals surface area contributed by atoms with Gasteiger partial charge in [0.15, 0.2) is 0 Å². The molecule has 5 atom stereocenters. The van der Waals surface area contributed by atoms with Gasteiger partial charge in [0, 0.05) is 0 Å². The molecule has 0 aromatic rings. The molecule has 88 valence electrons. The molecule has 0 radical (unpaired) electrons. The van der Waals surface area contributed by atoms with Gasteiger partial charge in [-0.15, -0.1) is 0 Å². The Balaban J connectivity index is 1.70. The highest BCUT2D eigenvalue weighted by Crippen LogP contribution is 2.51. The highest BCUT2D eigenvalue weighted by atomic mass is 14.4. The van der Waals surface area contributed by atoms with Gasteiger partial charge < -0.3 is 0 Å². The van der Waals surface area contributed by atoms with Crippen LogP contribution in [0.2, 0.25) is 18.5 Å². The Morgan fingerprint density at radius 1 is 0.938 bits per heavy atom. The fraction of sp³-hybridized carbons (Fsp3) is 0.867. The summed E-state index contributed by atoms with van der Waals surface area (Å²) in [5, 5.41) is 0. The molecule has 0 aromatic heterocycles. The van der Waals surface area contributed by atoms with Crippen LogP contribution < -0.4 is 0 Å². The van der Waals surface area contributed by atoms with Crippen LogP contribution in [0.1, 0.15) is 39.5 Å². The van der Waals surface area contributed by atoms with Gasteiger partial charge in [-0.1, -0.05) is 75.6 Å². The summed E-state index contributed by atoms with van der Waals surface area (Å²) < 4.78 is 0. The Bertz CT molecular complexity index is 271. The summed E-state index contributed by atoms with van der Waals surface area (Å²) in [6.07, 6.45) is 14.0. The molecule has 1 saturated carbocycles. The lowest BCUT2D eigenvalue weighted by atomic mass is 9.33. The summed E-state index contributed by atoms with van der Waals surface area (Å²) in [6.45, 7) is 6.01. The van der Waals surface area contributed by atoms with E-state index < -0.39 is 0 Å². The van der Waals surface area contributed by atoms with Crippen molar-refractivity contribution in [3.05, 3.63) is 12.2 Å². The van der Waals surface area contributed by atoms with Crippen molar-refractivity contribution < 1.29 is 0 Å². The minimum absolute atomic E-state index is 0.962. The first-order valence-electron chi connectivity index (χ1n) is 7.40. The Labute approximate surface area is 101 Å². The first kappa shape index (κ1) is 10.9. The smallest absolute Gasteiger partial charge is 0.0855 e. The highest BCUT2D eigenvalue weighted by molar-refractivity contribution is 6.60. The van der Waals surface area contributed by atoms with E-state index in [2.05, 4.69) is 26.0 Å². The average molecular weight is 216 g/mol. The predicted molar refractivity (Wildman–Crippen MR) is 72.0 cm³/mol. The summed E-state index contributed by atoms with van der Waals surface area (Å²) in [6, 6.07) is 0. The van der Waals surface area contributed by atoms with E-state index in [1.807, 2.05) is 0 Å². The fourth-order valence-electron chi connectivity index (χ4n) is 4.65. The molecular formula is C15H25B. The van der Waals surface area contributed by atoms with Crippen LogP contribution in [0.4, 0.5) is 0 Å². The van der Waals surface area contributed by atoms with Crippen molar-refractivity contribution in [1.82, 2.24) is 0 Å². The highest BCUT2D eigenvalue weighted by Gasteiger charge is 2.42. The van der Waals surface area contributed by atoms with E-state index in [0.29, 0.717) is 0 Å². The third-order valence-electron chi connectivity index (χ3n) is 5.50. The van der Waals surface area contributed by atoms with Crippen molar-refractivity contribution >= 4 is 6.71 Å². The molecule has 0 nitrogen and oxygen atoms in total. The van der Waals surface area contributed by atoms with E-state index in [1.165, 1.54) is 38.3 Å². The molecule has 2 bridgehead atoms. The summed E-state index contributed by atoms with van der Waals surface area (Å²) in [7, 11) is 0. The third kappa shape index (κ3) is 1.98. The SMILES string of the molecule is CC1CCC(C)CB([C@H]2CC3C=CC2C3)C1. The van der Waals surface area contributed by atoms with Gasteiger partial charge in [0.05, 0.1) is 0 Å². The van der Waals surface area contributed by atoms with Gasteiger partial charge in [-0.2, -0.15) is 0 Å². The van der Waals surface area contributed by atoms with Crippen molar-refractivity contribution in [2.75, 3.05) is 0 Å². The average Bonchev–Trinajstić information content (AvgIpc) is 2.83. The Kier molecular flexibility index (Phi) is 2.89. The number of rotatable bonds is 1. The number of hydrogen-bond acceptors (Lipinski definition) is 0. The van der Waals surface area contributed by atoms with Crippen molar-refractivity contribution in [1.29, 1.82) is 0 Å². The topological polar surface area (TPSA) is 0 Å². The van der Waals surface area contributed by atoms with E-state index in [-0.39, 0.29) is 0 Å². The maximum absolute atomic E-state index is 2.54. The molecular weight excluding hydrogens is 191 g/mol. The van der Waals surface area contributed by atoms with Crippen LogP contribution in [-0.2, 0) is 0 Å². The molecule has 1 heterocycles. The molecule has 0 aromatic carbocycles. The van der Waals surface area contributed by atoms with Gasteiger partial charge in [-0.05, 0) is 18.3 Å². The molecule has 4 unspecified atom stereocenters. The van der Waals surface area contributed by atoms with Crippen LogP contribution in [0.15, 0.2) is 12.2 Å². The van der Waals surface area contributed by atoms with Gasteiger partial charge in [-0.25, -0.2) is 0 Å².